The molecule has 76 valence electrons. The van der Waals surface area contributed by atoms with Crippen LogP contribution in [0.15, 0.2) is 36.7 Å². The summed E-state index contributed by atoms with van der Waals surface area (Å²) in [6, 6.07) is 5.02. The van der Waals surface area contributed by atoms with Crippen LogP contribution in [0.4, 0.5) is 4.39 Å². The first kappa shape index (κ1) is 9.39. The van der Waals surface area contributed by atoms with Crippen molar-refractivity contribution in [1.29, 1.82) is 0 Å². The fourth-order valence-corrected chi connectivity index (χ4v) is 1.23. The highest BCUT2D eigenvalue weighted by Crippen LogP contribution is 2.14. The van der Waals surface area contributed by atoms with Crippen LogP contribution in [0.1, 0.15) is 10.4 Å². The molecule has 1 heterocycles. The summed E-state index contributed by atoms with van der Waals surface area (Å²) >= 11 is 0. The van der Waals surface area contributed by atoms with Gasteiger partial charge in [0, 0.05) is 12.4 Å². The molecule has 1 aromatic carbocycles. The molecule has 0 unspecified atom stereocenters. The molecule has 0 saturated heterocycles. The Labute approximate surface area is 84.6 Å². The molecule has 0 N–H and O–H groups in total. The molecule has 0 radical (unpaired) electrons. The summed E-state index contributed by atoms with van der Waals surface area (Å²) in [5, 5.41) is 14.4. The maximum absolute atomic E-state index is 13.3. The van der Waals surface area contributed by atoms with E-state index in [1.165, 1.54) is 23.1 Å². The van der Waals surface area contributed by atoms with Gasteiger partial charge in [-0.1, -0.05) is 6.07 Å². The van der Waals surface area contributed by atoms with Gasteiger partial charge in [-0.25, -0.2) is 9.07 Å². The third kappa shape index (κ3) is 1.71. The molecule has 1 aromatic heterocycles. The van der Waals surface area contributed by atoms with E-state index in [0.29, 0.717) is 0 Å². The number of halogens is 1. The second-order valence-electron chi connectivity index (χ2n) is 2.90. The maximum Gasteiger partial charge on any atom is 0.148 e. The monoisotopic (exact) mass is 205 g/mol. The van der Waals surface area contributed by atoms with Crippen molar-refractivity contribution < 1.29 is 14.3 Å². The van der Waals surface area contributed by atoms with Crippen molar-refractivity contribution >= 4 is 5.97 Å². The summed E-state index contributed by atoms with van der Waals surface area (Å²) in [4.78, 5) is 10.6. The van der Waals surface area contributed by atoms with Crippen molar-refractivity contribution in [3.05, 3.63) is 48.0 Å². The average Bonchev–Trinajstić information content (AvgIpc) is 2.71. The summed E-state index contributed by atoms with van der Waals surface area (Å²) in [6.45, 7) is 0. The molecule has 0 aliphatic rings. The minimum atomic E-state index is -1.34. The van der Waals surface area contributed by atoms with E-state index in [1.807, 2.05) is 0 Å². The Balaban J connectivity index is 2.55. The summed E-state index contributed by atoms with van der Waals surface area (Å²) in [5.41, 5.74) is 0.00333. The first-order chi connectivity index (χ1) is 7.18. The first-order valence-corrected chi connectivity index (χ1v) is 4.19. The van der Waals surface area contributed by atoms with E-state index in [-0.39, 0.29) is 11.3 Å². The maximum atomic E-state index is 13.3. The Morgan fingerprint density at radius 3 is 2.87 bits per heavy atom. The van der Waals surface area contributed by atoms with Crippen LogP contribution in [-0.2, 0) is 0 Å². The molecule has 5 heteroatoms. The van der Waals surface area contributed by atoms with Crippen molar-refractivity contribution in [2.24, 2.45) is 0 Å². The number of aromatic nitrogens is 2. The molecule has 4 nitrogen and oxygen atoms in total. The van der Waals surface area contributed by atoms with Gasteiger partial charge in [0.1, 0.15) is 11.5 Å². The highest BCUT2D eigenvalue weighted by atomic mass is 19.1. The molecule has 0 aliphatic carbocycles. The quantitative estimate of drug-likeness (QED) is 0.711. The minimum absolute atomic E-state index is 0.0816. The number of carbonyl (C=O) groups excluding carboxylic acids is 1. The summed E-state index contributed by atoms with van der Waals surface area (Å²) in [7, 11) is 0. The molecule has 0 amide bonds. The van der Waals surface area contributed by atoms with Crippen LogP contribution < -0.4 is 5.11 Å². The van der Waals surface area contributed by atoms with Crippen molar-refractivity contribution in [2.45, 2.75) is 0 Å². The highest BCUT2D eigenvalue weighted by molar-refractivity contribution is 5.86. The Kier molecular flexibility index (Phi) is 2.21. The van der Waals surface area contributed by atoms with Gasteiger partial charge in [-0.15, -0.1) is 0 Å². The number of hydrogen-bond acceptors (Lipinski definition) is 3. The highest BCUT2D eigenvalue weighted by Gasteiger charge is 2.06. The predicted octanol–water partition coefficient (Wildman–Crippen LogP) is 0.375. The van der Waals surface area contributed by atoms with Crippen LogP contribution in [0.25, 0.3) is 5.69 Å². The zero-order valence-electron chi connectivity index (χ0n) is 7.55. The van der Waals surface area contributed by atoms with Crippen LogP contribution in [0.2, 0.25) is 0 Å². The molecule has 0 spiro atoms. The number of carbonyl (C=O) groups is 1. The molecule has 0 aliphatic heterocycles. The lowest BCUT2D eigenvalue weighted by atomic mass is 10.2. The van der Waals surface area contributed by atoms with Crippen LogP contribution in [0.3, 0.4) is 0 Å². The van der Waals surface area contributed by atoms with E-state index >= 15 is 0 Å². The Morgan fingerprint density at radius 2 is 2.27 bits per heavy atom. The second-order valence-corrected chi connectivity index (χ2v) is 2.90. The molecular formula is C10H6FN2O2-. The van der Waals surface area contributed by atoms with Crippen molar-refractivity contribution in [3.8, 4) is 5.69 Å². The zero-order chi connectivity index (χ0) is 10.8. The third-order valence-electron chi connectivity index (χ3n) is 1.93. The Bertz CT molecular complexity index is 494. The van der Waals surface area contributed by atoms with Crippen molar-refractivity contribution in [2.75, 3.05) is 0 Å². The molecule has 15 heavy (non-hydrogen) atoms. The average molecular weight is 205 g/mol. The number of carboxylic acid groups (broad SMARTS) is 1. The fraction of sp³-hybridized carbons (Fsp3) is 0. The topological polar surface area (TPSA) is 57.9 Å². The Hall–Kier alpha value is -2.17. The normalized spacial score (nSPS) is 10.2. The van der Waals surface area contributed by atoms with E-state index in [2.05, 4.69) is 5.10 Å². The van der Waals surface area contributed by atoms with E-state index in [0.717, 1.165) is 12.1 Å². The van der Waals surface area contributed by atoms with Crippen LogP contribution in [0, 0.1) is 5.82 Å². The largest absolute Gasteiger partial charge is 0.545 e. The molecule has 2 aromatic rings. The molecule has 0 fully saturated rings. The summed E-state index contributed by atoms with van der Waals surface area (Å²) in [5.74, 6) is -1.88. The first-order valence-electron chi connectivity index (χ1n) is 4.19. The molecule has 0 saturated carbocycles. The second kappa shape index (κ2) is 3.53. The third-order valence-corrected chi connectivity index (χ3v) is 1.93. The minimum Gasteiger partial charge on any atom is -0.545 e. The molecular weight excluding hydrogens is 199 g/mol. The van der Waals surface area contributed by atoms with Gasteiger partial charge >= 0.3 is 0 Å². The standard InChI is InChI=1S/C10H7FN2O2/c11-8-3-2-7(10(14)15)6-9(8)13-5-1-4-12-13/h1-6H,(H,14,15)/p-1. The molecule has 0 bridgehead atoms. The number of rotatable bonds is 2. The van der Waals surface area contributed by atoms with Gasteiger partial charge in [-0.05, 0) is 23.8 Å². The number of benzene rings is 1. The lowest BCUT2D eigenvalue weighted by Gasteiger charge is -2.07. The smallest absolute Gasteiger partial charge is 0.148 e. The van der Waals surface area contributed by atoms with E-state index < -0.39 is 11.8 Å². The van der Waals surface area contributed by atoms with Gasteiger partial charge in [-0.3, -0.25) is 0 Å². The lowest BCUT2D eigenvalue weighted by Crippen LogP contribution is -2.22. The van der Waals surface area contributed by atoms with Gasteiger partial charge in [0.15, 0.2) is 0 Å². The van der Waals surface area contributed by atoms with E-state index in [4.69, 9.17) is 0 Å². The van der Waals surface area contributed by atoms with Gasteiger partial charge in [0.25, 0.3) is 0 Å². The lowest BCUT2D eigenvalue weighted by molar-refractivity contribution is -0.255. The summed E-state index contributed by atoms with van der Waals surface area (Å²) in [6.07, 6.45) is 3.00. The van der Waals surface area contributed by atoms with Gasteiger partial charge in [0.05, 0.1) is 5.97 Å². The van der Waals surface area contributed by atoms with Gasteiger partial charge in [-0.2, -0.15) is 5.10 Å². The number of hydrogen-bond donors (Lipinski definition) is 0. The molecule has 0 atom stereocenters. The number of carboxylic acids is 1. The van der Waals surface area contributed by atoms with Crippen LogP contribution in [-0.4, -0.2) is 15.7 Å². The van der Waals surface area contributed by atoms with Crippen molar-refractivity contribution in [1.82, 2.24) is 9.78 Å². The predicted molar refractivity (Wildman–Crippen MR) is 47.9 cm³/mol. The Morgan fingerprint density at radius 1 is 1.47 bits per heavy atom. The van der Waals surface area contributed by atoms with Crippen molar-refractivity contribution in [3.63, 3.8) is 0 Å². The molecule has 2 rings (SSSR count). The van der Waals surface area contributed by atoms with E-state index in [9.17, 15) is 14.3 Å². The SMILES string of the molecule is O=C([O-])c1ccc(F)c(-n2cccn2)c1. The number of nitrogens with zero attached hydrogens (tertiary/aromatic N) is 2. The van der Waals surface area contributed by atoms with Gasteiger partial charge in [0.2, 0.25) is 0 Å². The number of aromatic carboxylic acids is 1. The zero-order valence-corrected chi connectivity index (χ0v) is 7.55. The fourth-order valence-electron chi connectivity index (χ4n) is 1.23. The van der Waals surface area contributed by atoms with Crippen LogP contribution >= 0.6 is 0 Å². The van der Waals surface area contributed by atoms with E-state index in [1.54, 1.807) is 6.07 Å². The van der Waals surface area contributed by atoms with Gasteiger partial charge < -0.3 is 9.90 Å². The summed E-state index contributed by atoms with van der Waals surface area (Å²) < 4.78 is 14.6. The van der Waals surface area contributed by atoms with Crippen LogP contribution in [0.5, 0.6) is 0 Å².